The van der Waals surface area contributed by atoms with Crippen molar-refractivity contribution in [3.63, 3.8) is 0 Å². The molecule has 1 aromatic rings. The van der Waals surface area contributed by atoms with Gasteiger partial charge < -0.3 is 10.2 Å². The molecule has 21 heavy (non-hydrogen) atoms. The van der Waals surface area contributed by atoms with Gasteiger partial charge in [-0.3, -0.25) is 4.79 Å². The number of benzene rings is 1. The van der Waals surface area contributed by atoms with Crippen LogP contribution in [0.15, 0.2) is 24.3 Å². The Labute approximate surface area is 128 Å². The summed E-state index contributed by atoms with van der Waals surface area (Å²) in [6.07, 6.45) is 3.87. The third-order valence-corrected chi connectivity index (χ3v) is 4.39. The van der Waals surface area contributed by atoms with Crippen LogP contribution in [0.4, 0.5) is 0 Å². The van der Waals surface area contributed by atoms with Crippen molar-refractivity contribution < 1.29 is 4.79 Å². The predicted molar refractivity (Wildman–Crippen MR) is 87.4 cm³/mol. The summed E-state index contributed by atoms with van der Waals surface area (Å²) in [4.78, 5) is 14.6. The smallest absolute Gasteiger partial charge is 0.223 e. The van der Waals surface area contributed by atoms with Gasteiger partial charge in [-0.1, -0.05) is 24.3 Å². The Balaban J connectivity index is 1.90. The van der Waals surface area contributed by atoms with Crippen LogP contribution in [0.2, 0.25) is 0 Å². The van der Waals surface area contributed by atoms with E-state index in [0.29, 0.717) is 12.5 Å². The van der Waals surface area contributed by atoms with Gasteiger partial charge in [0.25, 0.3) is 0 Å². The van der Waals surface area contributed by atoms with Crippen LogP contribution in [0.25, 0.3) is 0 Å². The first kappa shape index (κ1) is 16.0. The summed E-state index contributed by atoms with van der Waals surface area (Å²) in [6.45, 7) is 8.28. The third-order valence-electron chi connectivity index (χ3n) is 4.39. The molecule has 3 nitrogen and oxygen atoms in total. The lowest BCUT2D eigenvalue weighted by molar-refractivity contribution is -0.133. The van der Waals surface area contributed by atoms with Crippen molar-refractivity contribution in [3.8, 4) is 0 Å². The second kappa shape index (κ2) is 7.60. The second-order valence-corrected chi connectivity index (χ2v) is 6.36. The van der Waals surface area contributed by atoms with E-state index in [1.54, 1.807) is 0 Å². The first-order valence-electron chi connectivity index (χ1n) is 8.15. The van der Waals surface area contributed by atoms with Crippen LogP contribution in [0.5, 0.6) is 0 Å². The third kappa shape index (κ3) is 4.57. The van der Waals surface area contributed by atoms with Crippen LogP contribution in [0.3, 0.4) is 0 Å². The molecule has 1 N–H and O–H groups in total. The Kier molecular flexibility index (Phi) is 5.80. The van der Waals surface area contributed by atoms with Gasteiger partial charge in [0.2, 0.25) is 5.91 Å². The second-order valence-electron chi connectivity index (χ2n) is 6.36. The van der Waals surface area contributed by atoms with Gasteiger partial charge in [0.05, 0.1) is 0 Å². The fourth-order valence-corrected chi connectivity index (χ4v) is 3.03. The minimum absolute atomic E-state index is 0.275. The summed E-state index contributed by atoms with van der Waals surface area (Å²) in [5, 5.41) is 3.49. The number of hydrogen-bond acceptors (Lipinski definition) is 2. The molecule has 1 aromatic carbocycles. The van der Waals surface area contributed by atoms with E-state index in [4.69, 9.17) is 0 Å². The first-order chi connectivity index (χ1) is 10.1. The van der Waals surface area contributed by atoms with Crippen molar-refractivity contribution in [2.45, 2.75) is 58.5 Å². The molecule has 1 amide bonds. The highest BCUT2D eigenvalue weighted by Gasteiger charge is 2.23. The molecule has 0 radical (unpaired) electrons. The minimum Gasteiger partial charge on any atom is -0.339 e. The molecule has 2 rings (SSSR count). The van der Waals surface area contributed by atoms with E-state index in [-0.39, 0.29) is 11.9 Å². The van der Waals surface area contributed by atoms with Gasteiger partial charge in [0.15, 0.2) is 0 Å². The molecule has 1 aliphatic heterocycles. The summed E-state index contributed by atoms with van der Waals surface area (Å²) < 4.78 is 0. The van der Waals surface area contributed by atoms with Crippen molar-refractivity contribution in [1.29, 1.82) is 0 Å². The number of nitrogens with zero attached hydrogens (tertiary/aromatic N) is 1. The number of hydrogen-bond donors (Lipinski definition) is 1. The number of aryl methyl sites for hydroxylation is 2. The maximum atomic E-state index is 12.6. The SMILES string of the molecule is Cc1ccccc1CCC(=O)N(CC1CCCN1)C(C)C. The number of nitrogens with one attached hydrogen (secondary N) is 1. The first-order valence-corrected chi connectivity index (χ1v) is 8.15. The van der Waals surface area contributed by atoms with Crippen molar-refractivity contribution in [2.24, 2.45) is 0 Å². The number of carbonyl (C=O) groups is 1. The van der Waals surface area contributed by atoms with Crippen LogP contribution in [0.1, 0.15) is 44.2 Å². The van der Waals surface area contributed by atoms with E-state index in [1.165, 1.54) is 24.0 Å². The van der Waals surface area contributed by atoms with Crippen LogP contribution in [-0.4, -0.2) is 36.0 Å². The van der Waals surface area contributed by atoms with E-state index >= 15 is 0 Å². The Morgan fingerprint density at radius 3 is 2.76 bits per heavy atom. The van der Waals surface area contributed by atoms with Crippen LogP contribution in [-0.2, 0) is 11.2 Å². The summed E-state index contributed by atoms with van der Waals surface area (Å²) in [5.41, 5.74) is 2.56. The van der Waals surface area contributed by atoms with Gasteiger partial charge >= 0.3 is 0 Å². The fraction of sp³-hybridized carbons (Fsp3) is 0.611. The largest absolute Gasteiger partial charge is 0.339 e. The molecular weight excluding hydrogens is 260 g/mol. The topological polar surface area (TPSA) is 32.3 Å². The molecule has 116 valence electrons. The van der Waals surface area contributed by atoms with Crippen LogP contribution >= 0.6 is 0 Å². The van der Waals surface area contributed by atoms with E-state index in [1.807, 2.05) is 11.0 Å². The summed E-state index contributed by atoms with van der Waals surface area (Å²) in [5.74, 6) is 0.280. The molecule has 1 aliphatic rings. The van der Waals surface area contributed by atoms with Gasteiger partial charge in [-0.2, -0.15) is 0 Å². The van der Waals surface area contributed by atoms with Gasteiger partial charge in [0.1, 0.15) is 0 Å². The van der Waals surface area contributed by atoms with Crippen molar-refractivity contribution in [2.75, 3.05) is 13.1 Å². The Bertz CT molecular complexity index is 464. The number of amides is 1. The molecule has 1 saturated heterocycles. The minimum atomic E-state index is 0.275. The zero-order chi connectivity index (χ0) is 15.2. The molecular formula is C18H28N2O. The highest BCUT2D eigenvalue weighted by atomic mass is 16.2. The maximum absolute atomic E-state index is 12.6. The van der Waals surface area contributed by atoms with E-state index in [0.717, 1.165) is 19.5 Å². The lowest BCUT2D eigenvalue weighted by Crippen LogP contribution is -2.44. The van der Waals surface area contributed by atoms with E-state index < -0.39 is 0 Å². The van der Waals surface area contributed by atoms with E-state index in [9.17, 15) is 4.79 Å². The lowest BCUT2D eigenvalue weighted by atomic mass is 10.0. The summed E-state index contributed by atoms with van der Waals surface area (Å²) in [7, 11) is 0. The zero-order valence-electron chi connectivity index (χ0n) is 13.6. The fourth-order valence-electron chi connectivity index (χ4n) is 3.03. The average molecular weight is 288 g/mol. The maximum Gasteiger partial charge on any atom is 0.223 e. The highest BCUT2D eigenvalue weighted by Crippen LogP contribution is 2.14. The number of carbonyl (C=O) groups excluding carboxylic acids is 1. The normalized spacial score (nSPS) is 18.2. The summed E-state index contributed by atoms with van der Waals surface area (Å²) >= 11 is 0. The zero-order valence-corrected chi connectivity index (χ0v) is 13.6. The van der Waals surface area contributed by atoms with Crippen molar-refractivity contribution in [3.05, 3.63) is 35.4 Å². The van der Waals surface area contributed by atoms with Gasteiger partial charge in [0, 0.05) is 25.0 Å². The lowest BCUT2D eigenvalue weighted by Gasteiger charge is -2.29. The van der Waals surface area contributed by atoms with Gasteiger partial charge in [-0.25, -0.2) is 0 Å². The highest BCUT2D eigenvalue weighted by molar-refractivity contribution is 5.76. The molecule has 0 spiro atoms. The van der Waals surface area contributed by atoms with Gasteiger partial charge in [-0.15, -0.1) is 0 Å². The van der Waals surface area contributed by atoms with Crippen molar-refractivity contribution >= 4 is 5.91 Å². The Hall–Kier alpha value is -1.35. The van der Waals surface area contributed by atoms with Crippen molar-refractivity contribution in [1.82, 2.24) is 10.2 Å². The molecule has 0 saturated carbocycles. The Morgan fingerprint density at radius 1 is 1.38 bits per heavy atom. The van der Waals surface area contributed by atoms with Gasteiger partial charge in [-0.05, 0) is 57.7 Å². The van der Waals surface area contributed by atoms with E-state index in [2.05, 4.69) is 44.3 Å². The molecule has 1 atom stereocenters. The average Bonchev–Trinajstić information content (AvgIpc) is 2.96. The molecule has 1 heterocycles. The molecule has 1 unspecified atom stereocenters. The monoisotopic (exact) mass is 288 g/mol. The summed E-state index contributed by atoms with van der Waals surface area (Å²) in [6, 6.07) is 9.10. The molecule has 0 bridgehead atoms. The quantitative estimate of drug-likeness (QED) is 0.873. The Morgan fingerprint density at radius 2 is 2.14 bits per heavy atom. The number of rotatable bonds is 6. The molecule has 1 fully saturated rings. The van der Waals surface area contributed by atoms with Crippen LogP contribution in [0, 0.1) is 6.92 Å². The standard InChI is InChI=1S/C18H28N2O/c1-14(2)20(13-17-9-6-12-19-17)18(21)11-10-16-8-5-4-7-15(16)3/h4-5,7-8,14,17,19H,6,9-13H2,1-3H3. The molecule has 0 aliphatic carbocycles. The molecule has 3 heteroatoms. The molecule has 0 aromatic heterocycles. The van der Waals surface area contributed by atoms with Crippen LogP contribution < -0.4 is 5.32 Å². The predicted octanol–water partition coefficient (Wildman–Crippen LogP) is 2.92.